The third-order valence-corrected chi connectivity index (χ3v) is 6.12. The number of hydrogen-bond acceptors (Lipinski definition) is 6. The lowest BCUT2D eigenvalue weighted by atomic mass is 10.1. The molecular formula is C26H30N2O4S. The highest BCUT2D eigenvalue weighted by Gasteiger charge is 2.16. The number of ether oxygens (including phenoxy) is 2. The molecule has 0 saturated heterocycles. The highest BCUT2D eigenvalue weighted by Crippen LogP contribution is 2.21. The van der Waals surface area contributed by atoms with Crippen LogP contribution in [0.25, 0.3) is 6.08 Å². The second kappa shape index (κ2) is 12.2. The van der Waals surface area contributed by atoms with Crippen molar-refractivity contribution in [2.45, 2.75) is 46.1 Å². The lowest BCUT2D eigenvalue weighted by Crippen LogP contribution is -2.11. The number of thiophene rings is 1. The van der Waals surface area contributed by atoms with Gasteiger partial charge in [-0.25, -0.2) is 14.6 Å². The number of carbonyl (C=O) groups excluding carboxylic acids is 2. The predicted molar refractivity (Wildman–Crippen MR) is 130 cm³/mol. The summed E-state index contributed by atoms with van der Waals surface area (Å²) in [5.41, 5.74) is 3.00. The molecule has 7 heteroatoms. The first-order valence-corrected chi connectivity index (χ1v) is 12.0. The zero-order chi connectivity index (χ0) is 23.6. The van der Waals surface area contributed by atoms with E-state index in [2.05, 4.69) is 16.5 Å². The minimum atomic E-state index is -0.357. The van der Waals surface area contributed by atoms with Crippen LogP contribution in [0.2, 0.25) is 0 Å². The van der Waals surface area contributed by atoms with Crippen molar-refractivity contribution in [2.75, 3.05) is 13.7 Å². The van der Waals surface area contributed by atoms with Crippen LogP contribution >= 0.6 is 11.3 Å². The summed E-state index contributed by atoms with van der Waals surface area (Å²) in [5, 5.41) is 2.00. The quantitative estimate of drug-likeness (QED) is 0.283. The van der Waals surface area contributed by atoms with Crippen LogP contribution in [0, 0.1) is 0 Å². The van der Waals surface area contributed by atoms with E-state index in [1.807, 2.05) is 48.8 Å². The van der Waals surface area contributed by atoms with E-state index < -0.39 is 0 Å². The Morgan fingerprint density at radius 1 is 1.15 bits per heavy atom. The zero-order valence-corrected chi connectivity index (χ0v) is 20.2. The lowest BCUT2D eigenvalue weighted by Gasteiger charge is -2.12. The van der Waals surface area contributed by atoms with E-state index in [4.69, 9.17) is 9.47 Å². The molecule has 0 fully saturated rings. The Kier molecular flexibility index (Phi) is 9.01. The minimum absolute atomic E-state index is 0.309. The number of carbonyl (C=O) groups is 2. The summed E-state index contributed by atoms with van der Waals surface area (Å²) < 4.78 is 12.2. The fourth-order valence-corrected chi connectivity index (χ4v) is 4.22. The fourth-order valence-electron chi connectivity index (χ4n) is 3.49. The van der Waals surface area contributed by atoms with Crippen LogP contribution in [0.3, 0.4) is 0 Å². The molecule has 0 saturated carbocycles. The monoisotopic (exact) mass is 466 g/mol. The van der Waals surface area contributed by atoms with Crippen molar-refractivity contribution < 1.29 is 19.1 Å². The Balaban J connectivity index is 1.95. The molecule has 0 unspecified atom stereocenters. The molecule has 2 aromatic heterocycles. The van der Waals surface area contributed by atoms with Crippen LogP contribution < -0.4 is 0 Å². The number of unbranched alkanes of at least 4 members (excludes halogenated alkanes) is 1. The van der Waals surface area contributed by atoms with Gasteiger partial charge in [0.05, 0.1) is 31.2 Å². The molecule has 6 nitrogen and oxygen atoms in total. The maximum absolute atomic E-state index is 12.7. The van der Waals surface area contributed by atoms with Crippen LogP contribution in [0.5, 0.6) is 0 Å². The Bertz CT molecular complexity index is 1080. The summed E-state index contributed by atoms with van der Waals surface area (Å²) in [6.07, 6.45) is 7.17. The smallest absolute Gasteiger partial charge is 0.337 e. The minimum Gasteiger partial charge on any atom is -0.465 e. The number of benzene rings is 1. The molecule has 0 aliphatic rings. The van der Waals surface area contributed by atoms with Crippen molar-refractivity contribution in [3.8, 4) is 0 Å². The fraction of sp³-hybridized carbons (Fsp3) is 0.346. The lowest BCUT2D eigenvalue weighted by molar-refractivity contribution is -0.138. The molecule has 1 aromatic carbocycles. The van der Waals surface area contributed by atoms with E-state index in [-0.39, 0.29) is 11.9 Å². The molecule has 0 spiro atoms. The van der Waals surface area contributed by atoms with Crippen LogP contribution in [-0.2, 0) is 33.7 Å². The van der Waals surface area contributed by atoms with Crippen LogP contribution in [0.1, 0.15) is 59.0 Å². The Labute approximate surface area is 198 Å². The van der Waals surface area contributed by atoms with Gasteiger partial charge in [-0.2, -0.15) is 0 Å². The van der Waals surface area contributed by atoms with Gasteiger partial charge in [-0.15, -0.1) is 11.3 Å². The number of rotatable bonds is 11. The summed E-state index contributed by atoms with van der Waals surface area (Å²) in [6.45, 7) is 4.88. The predicted octanol–water partition coefficient (Wildman–Crippen LogP) is 5.31. The maximum Gasteiger partial charge on any atom is 0.337 e. The van der Waals surface area contributed by atoms with Gasteiger partial charge in [-0.3, -0.25) is 0 Å². The summed E-state index contributed by atoms with van der Waals surface area (Å²) in [6, 6.07) is 11.4. The van der Waals surface area contributed by atoms with Crippen molar-refractivity contribution in [3.05, 3.63) is 81.1 Å². The average Bonchev–Trinajstić information content (AvgIpc) is 3.47. The van der Waals surface area contributed by atoms with Crippen LogP contribution in [-0.4, -0.2) is 35.2 Å². The first-order valence-electron chi connectivity index (χ1n) is 11.2. The van der Waals surface area contributed by atoms with Gasteiger partial charge in [0.15, 0.2) is 0 Å². The molecule has 0 radical (unpaired) electrons. The van der Waals surface area contributed by atoms with Crippen LogP contribution in [0.4, 0.5) is 0 Å². The van der Waals surface area contributed by atoms with E-state index in [1.54, 1.807) is 23.5 Å². The SMILES string of the molecule is CCCCc1ncc(/C=C(/Cc2cccs2)C(=O)OCC)n1Cc1ccc(C(=O)OC)cc1. The van der Waals surface area contributed by atoms with Crippen molar-refractivity contribution >= 4 is 29.4 Å². The third kappa shape index (κ3) is 6.65. The van der Waals surface area contributed by atoms with E-state index in [0.29, 0.717) is 30.7 Å². The number of nitrogens with zero attached hydrogens (tertiary/aromatic N) is 2. The second-order valence-electron chi connectivity index (χ2n) is 7.62. The highest BCUT2D eigenvalue weighted by molar-refractivity contribution is 7.09. The molecule has 3 aromatic rings. The second-order valence-corrected chi connectivity index (χ2v) is 8.66. The number of imidazole rings is 1. The van der Waals surface area contributed by atoms with E-state index in [1.165, 1.54) is 7.11 Å². The molecule has 0 amide bonds. The van der Waals surface area contributed by atoms with Gasteiger partial charge >= 0.3 is 11.9 Å². The van der Waals surface area contributed by atoms with Gasteiger partial charge in [0.25, 0.3) is 0 Å². The van der Waals surface area contributed by atoms with E-state index >= 15 is 0 Å². The Morgan fingerprint density at radius 2 is 1.94 bits per heavy atom. The number of aromatic nitrogens is 2. The summed E-state index contributed by atoms with van der Waals surface area (Å²) in [5.74, 6) is 0.305. The van der Waals surface area contributed by atoms with Crippen LogP contribution in [0.15, 0.2) is 53.5 Å². The summed E-state index contributed by atoms with van der Waals surface area (Å²) in [7, 11) is 1.37. The van der Waals surface area contributed by atoms with Gasteiger partial charge in [0, 0.05) is 29.8 Å². The van der Waals surface area contributed by atoms with Gasteiger partial charge < -0.3 is 14.0 Å². The molecule has 174 valence electrons. The van der Waals surface area contributed by atoms with Gasteiger partial charge in [0.1, 0.15) is 5.82 Å². The van der Waals surface area contributed by atoms with Gasteiger partial charge in [-0.1, -0.05) is 31.5 Å². The molecule has 2 heterocycles. The molecular weight excluding hydrogens is 436 g/mol. The number of hydrogen-bond donors (Lipinski definition) is 0. The first-order chi connectivity index (χ1) is 16.0. The van der Waals surface area contributed by atoms with Crippen molar-refractivity contribution in [2.24, 2.45) is 0 Å². The van der Waals surface area contributed by atoms with Crippen molar-refractivity contribution in [1.29, 1.82) is 0 Å². The Hall–Kier alpha value is -3.19. The number of methoxy groups -OCH3 is 1. The van der Waals surface area contributed by atoms with E-state index in [9.17, 15) is 9.59 Å². The van der Waals surface area contributed by atoms with Crippen molar-refractivity contribution in [1.82, 2.24) is 9.55 Å². The highest BCUT2D eigenvalue weighted by atomic mass is 32.1. The maximum atomic E-state index is 12.7. The molecule has 0 atom stereocenters. The first kappa shape index (κ1) is 24.5. The molecule has 0 aliphatic heterocycles. The van der Waals surface area contributed by atoms with Gasteiger partial charge in [-0.05, 0) is 48.6 Å². The van der Waals surface area contributed by atoms with Gasteiger partial charge in [0.2, 0.25) is 0 Å². The molecule has 3 rings (SSSR count). The summed E-state index contributed by atoms with van der Waals surface area (Å²) >= 11 is 1.62. The van der Waals surface area contributed by atoms with Crippen molar-refractivity contribution in [3.63, 3.8) is 0 Å². The molecule has 0 aliphatic carbocycles. The average molecular weight is 467 g/mol. The zero-order valence-electron chi connectivity index (χ0n) is 19.4. The third-order valence-electron chi connectivity index (χ3n) is 5.24. The molecule has 0 bridgehead atoms. The topological polar surface area (TPSA) is 70.4 Å². The van der Waals surface area contributed by atoms with E-state index in [0.717, 1.165) is 41.2 Å². The normalized spacial score (nSPS) is 11.4. The standard InChI is InChI=1S/C26H30N2O4S/c1-4-6-9-24-27-17-22(15-21(26(30)32-5-2)16-23-8-7-14-33-23)28(24)18-19-10-12-20(13-11-19)25(29)31-3/h7-8,10-15,17H,4-6,9,16,18H2,1-3H3/b21-15-. The number of aryl methyl sites for hydroxylation is 1. The number of esters is 2. The largest absolute Gasteiger partial charge is 0.465 e. The molecule has 0 N–H and O–H groups in total. The Morgan fingerprint density at radius 3 is 2.58 bits per heavy atom. The summed E-state index contributed by atoms with van der Waals surface area (Å²) in [4.78, 5) is 30.2. The molecule has 33 heavy (non-hydrogen) atoms.